The van der Waals surface area contributed by atoms with Crippen LogP contribution in [-0.4, -0.2) is 0 Å². The molecular formula is C16H18. The Morgan fingerprint density at radius 3 is 1.88 bits per heavy atom. The van der Waals surface area contributed by atoms with E-state index >= 15 is 0 Å². The minimum atomic E-state index is 0.725. The van der Waals surface area contributed by atoms with Crippen molar-refractivity contribution in [2.75, 3.05) is 0 Å². The first kappa shape index (κ1) is 10.9. The number of rotatable bonds is 3. The summed E-state index contributed by atoms with van der Waals surface area (Å²) in [7, 11) is 0. The van der Waals surface area contributed by atoms with Gasteiger partial charge in [-0.25, -0.2) is 0 Å². The average molecular weight is 210 g/mol. The molecular weight excluding hydrogens is 192 g/mol. The molecule has 2 rings (SSSR count). The fraction of sp³-hybridized carbons (Fsp3) is 0.250. The highest BCUT2D eigenvalue weighted by Crippen LogP contribution is 2.20. The Morgan fingerprint density at radius 1 is 0.750 bits per heavy atom. The van der Waals surface area contributed by atoms with Crippen molar-refractivity contribution in [2.45, 2.75) is 20.3 Å². The Bertz CT molecular complexity index is 423. The van der Waals surface area contributed by atoms with Crippen molar-refractivity contribution in [2.24, 2.45) is 5.92 Å². The van der Waals surface area contributed by atoms with Crippen molar-refractivity contribution < 1.29 is 0 Å². The molecule has 0 spiro atoms. The molecule has 0 N–H and O–H groups in total. The van der Waals surface area contributed by atoms with Crippen molar-refractivity contribution in [3.05, 3.63) is 60.2 Å². The molecule has 0 bridgehead atoms. The quantitative estimate of drug-likeness (QED) is 0.697. The van der Waals surface area contributed by atoms with Crippen LogP contribution < -0.4 is 0 Å². The van der Waals surface area contributed by atoms with E-state index in [4.69, 9.17) is 0 Å². The van der Waals surface area contributed by atoms with Crippen molar-refractivity contribution in [3.63, 3.8) is 0 Å². The molecule has 82 valence electrons. The zero-order valence-corrected chi connectivity index (χ0v) is 9.98. The van der Waals surface area contributed by atoms with Gasteiger partial charge in [0.2, 0.25) is 0 Å². The highest BCUT2D eigenvalue weighted by Gasteiger charge is 1.99. The number of hydrogen-bond donors (Lipinski definition) is 0. The molecule has 0 aliphatic heterocycles. The van der Waals surface area contributed by atoms with Crippen molar-refractivity contribution in [1.29, 1.82) is 0 Å². The molecule has 0 fully saturated rings. The zero-order chi connectivity index (χ0) is 11.4. The Kier molecular flexibility index (Phi) is 3.40. The normalized spacial score (nSPS) is 10.7. The van der Waals surface area contributed by atoms with E-state index in [-0.39, 0.29) is 0 Å². The maximum absolute atomic E-state index is 2.26. The lowest BCUT2D eigenvalue weighted by molar-refractivity contribution is 0.647. The monoisotopic (exact) mass is 210 g/mol. The van der Waals surface area contributed by atoms with E-state index in [9.17, 15) is 0 Å². The van der Waals surface area contributed by atoms with E-state index in [2.05, 4.69) is 68.4 Å². The molecule has 0 saturated carbocycles. The lowest BCUT2D eigenvalue weighted by atomic mass is 9.99. The third kappa shape index (κ3) is 2.73. The predicted molar refractivity (Wildman–Crippen MR) is 70.4 cm³/mol. The molecule has 0 heteroatoms. The van der Waals surface area contributed by atoms with Crippen LogP contribution in [0.15, 0.2) is 54.6 Å². The Hall–Kier alpha value is -1.56. The Balaban J connectivity index is 2.20. The lowest BCUT2D eigenvalue weighted by Gasteiger charge is -2.06. The predicted octanol–water partition coefficient (Wildman–Crippen LogP) is 4.55. The largest absolute Gasteiger partial charge is 0.0625 e. The van der Waals surface area contributed by atoms with Gasteiger partial charge in [0.15, 0.2) is 0 Å². The lowest BCUT2D eigenvalue weighted by Crippen LogP contribution is -1.93. The first-order chi connectivity index (χ1) is 7.75. The second-order valence-electron chi connectivity index (χ2n) is 4.66. The smallest absolute Gasteiger partial charge is 0.0184 e. The summed E-state index contributed by atoms with van der Waals surface area (Å²) in [6.07, 6.45) is 1.16. The van der Waals surface area contributed by atoms with Crippen LogP contribution in [0.1, 0.15) is 19.4 Å². The van der Waals surface area contributed by atoms with E-state index in [1.54, 1.807) is 0 Å². The standard InChI is InChI=1S/C16H18/c1-13(2)12-14-8-10-16(11-9-14)15-6-4-3-5-7-15/h3-11,13H,12H2,1-2H3. The van der Waals surface area contributed by atoms with Gasteiger partial charge in [0.05, 0.1) is 0 Å². The zero-order valence-electron chi connectivity index (χ0n) is 9.98. The van der Waals surface area contributed by atoms with Gasteiger partial charge in [-0.1, -0.05) is 68.4 Å². The Morgan fingerprint density at radius 2 is 1.31 bits per heavy atom. The summed E-state index contributed by atoms with van der Waals surface area (Å²) >= 11 is 0. The van der Waals surface area contributed by atoms with Crippen LogP contribution in [0.2, 0.25) is 0 Å². The highest BCUT2D eigenvalue weighted by molar-refractivity contribution is 5.63. The fourth-order valence-electron chi connectivity index (χ4n) is 1.94. The first-order valence-electron chi connectivity index (χ1n) is 5.90. The molecule has 0 unspecified atom stereocenters. The molecule has 0 atom stereocenters. The minimum Gasteiger partial charge on any atom is -0.0625 e. The van der Waals surface area contributed by atoms with E-state index < -0.39 is 0 Å². The summed E-state index contributed by atoms with van der Waals surface area (Å²) in [5.74, 6) is 0.725. The van der Waals surface area contributed by atoms with Crippen LogP contribution >= 0.6 is 0 Å². The van der Waals surface area contributed by atoms with Crippen LogP contribution in [0, 0.1) is 5.92 Å². The van der Waals surface area contributed by atoms with Crippen LogP contribution in [0.4, 0.5) is 0 Å². The van der Waals surface area contributed by atoms with E-state index in [0.717, 1.165) is 12.3 Å². The van der Waals surface area contributed by atoms with E-state index in [1.807, 2.05) is 0 Å². The van der Waals surface area contributed by atoms with Crippen molar-refractivity contribution in [3.8, 4) is 11.1 Å². The maximum Gasteiger partial charge on any atom is -0.0184 e. The minimum absolute atomic E-state index is 0.725. The van der Waals surface area contributed by atoms with Gasteiger partial charge in [-0.15, -0.1) is 0 Å². The molecule has 0 amide bonds. The molecule has 0 heterocycles. The Labute approximate surface area is 97.9 Å². The summed E-state index contributed by atoms with van der Waals surface area (Å²) in [6.45, 7) is 4.51. The van der Waals surface area contributed by atoms with Crippen LogP contribution in [0.25, 0.3) is 11.1 Å². The van der Waals surface area contributed by atoms with Gasteiger partial charge in [-0.2, -0.15) is 0 Å². The van der Waals surface area contributed by atoms with Gasteiger partial charge < -0.3 is 0 Å². The molecule has 0 saturated heterocycles. The molecule has 0 aromatic heterocycles. The molecule has 0 radical (unpaired) electrons. The first-order valence-corrected chi connectivity index (χ1v) is 5.90. The van der Waals surface area contributed by atoms with Gasteiger partial charge >= 0.3 is 0 Å². The average Bonchev–Trinajstić information content (AvgIpc) is 2.30. The SMILES string of the molecule is CC(C)Cc1ccc(-c2ccccc2)cc1. The van der Waals surface area contributed by atoms with E-state index in [1.165, 1.54) is 16.7 Å². The third-order valence-corrected chi connectivity index (χ3v) is 2.71. The molecule has 2 aromatic rings. The molecule has 0 aliphatic carbocycles. The summed E-state index contributed by atoms with van der Waals surface area (Å²) < 4.78 is 0. The van der Waals surface area contributed by atoms with Gasteiger partial charge in [0.25, 0.3) is 0 Å². The van der Waals surface area contributed by atoms with Crippen molar-refractivity contribution >= 4 is 0 Å². The topological polar surface area (TPSA) is 0 Å². The molecule has 0 aliphatic rings. The van der Waals surface area contributed by atoms with Gasteiger partial charge in [0.1, 0.15) is 0 Å². The maximum atomic E-state index is 2.26. The van der Waals surface area contributed by atoms with Gasteiger partial charge in [-0.3, -0.25) is 0 Å². The fourth-order valence-corrected chi connectivity index (χ4v) is 1.94. The van der Waals surface area contributed by atoms with Crippen LogP contribution in [0.3, 0.4) is 0 Å². The number of benzene rings is 2. The molecule has 16 heavy (non-hydrogen) atoms. The number of hydrogen-bond acceptors (Lipinski definition) is 0. The summed E-state index contributed by atoms with van der Waals surface area (Å²) in [5.41, 5.74) is 4.02. The highest BCUT2D eigenvalue weighted by atomic mass is 14.0. The van der Waals surface area contributed by atoms with Gasteiger partial charge in [-0.05, 0) is 29.0 Å². The summed E-state index contributed by atoms with van der Waals surface area (Å²) in [4.78, 5) is 0. The van der Waals surface area contributed by atoms with Gasteiger partial charge in [0, 0.05) is 0 Å². The van der Waals surface area contributed by atoms with Crippen LogP contribution in [0.5, 0.6) is 0 Å². The van der Waals surface area contributed by atoms with E-state index in [0.29, 0.717) is 0 Å². The molecule has 2 aromatic carbocycles. The molecule has 0 nitrogen and oxygen atoms in total. The van der Waals surface area contributed by atoms with Crippen LogP contribution in [-0.2, 0) is 6.42 Å². The second-order valence-corrected chi connectivity index (χ2v) is 4.66. The third-order valence-electron chi connectivity index (χ3n) is 2.71. The second kappa shape index (κ2) is 4.98. The summed E-state index contributed by atoms with van der Waals surface area (Å²) in [6, 6.07) is 19.4. The van der Waals surface area contributed by atoms with Crippen molar-refractivity contribution in [1.82, 2.24) is 0 Å². The summed E-state index contributed by atoms with van der Waals surface area (Å²) in [5, 5.41) is 0.